The molecular formula is C7H7FN4. The van der Waals surface area contributed by atoms with Gasteiger partial charge < -0.3 is 5.73 Å². The maximum Gasteiger partial charge on any atom is 0.145 e. The Bertz CT molecular complexity index is 342. The van der Waals surface area contributed by atoms with Gasteiger partial charge in [-0.05, 0) is 6.92 Å². The van der Waals surface area contributed by atoms with E-state index in [4.69, 9.17) is 11.0 Å². The van der Waals surface area contributed by atoms with Crippen LogP contribution < -0.4 is 11.3 Å². The lowest BCUT2D eigenvalue weighted by atomic mass is 10.2. The van der Waals surface area contributed by atoms with E-state index >= 15 is 0 Å². The van der Waals surface area contributed by atoms with E-state index in [-0.39, 0.29) is 17.1 Å². The molecule has 0 aliphatic heterocycles. The summed E-state index contributed by atoms with van der Waals surface area (Å²) in [5.74, 6) is 0. The largest absolute Gasteiger partial charge is 0.396 e. The zero-order valence-electron chi connectivity index (χ0n) is 6.43. The second-order valence-corrected chi connectivity index (χ2v) is 2.27. The van der Waals surface area contributed by atoms with Crippen molar-refractivity contribution in [2.75, 3.05) is 11.3 Å². The third kappa shape index (κ3) is 1.14. The van der Waals surface area contributed by atoms with Crippen LogP contribution in [0.4, 0.5) is 15.9 Å². The predicted octanol–water partition coefficient (Wildman–Crippen LogP) is 1.14. The number of nitrogens with two attached hydrogens (primary N) is 1. The van der Waals surface area contributed by atoms with Gasteiger partial charge >= 0.3 is 0 Å². The smallest absolute Gasteiger partial charge is 0.145 e. The molecule has 1 aromatic heterocycles. The molecule has 1 heterocycles. The van der Waals surface area contributed by atoms with Crippen LogP contribution in [0.3, 0.4) is 0 Å². The number of anilines is 2. The first-order valence-corrected chi connectivity index (χ1v) is 3.22. The number of nitriles is 1. The third-order valence-corrected chi connectivity index (χ3v) is 1.55. The summed E-state index contributed by atoms with van der Waals surface area (Å²) in [5.41, 5.74) is 7.69. The first kappa shape index (κ1) is 8.27. The summed E-state index contributed by atoms with van der Waals surface area (Å²) >= 11 is 0. The van der Waals surface area contributed by atoms with Crippen molar-refractivity contribution in [2.45, 2.75) is 6.92 Å². The lowest BCUT2D eigenvalue weighted by Gasteiger charge is -2.05. The van der Waals surface area contributed by atoms with Gasteiger partial charge in [0, 0.05) is 5.56 Å². The molecule has 0 saturated heterocycles. The molecule has 0 amide bonds. The average molecular weight is 166 g/mol. The first-order chi connectivity index (χ1) is 5.70. The Kier molecular flexibility index (Phi) is 2.10. The van der Waals surface area contributed by atoms with Gasteiger partial charge in [-0.25, -0.2) is 10.5 Å². The summed E-state index contributed by atoms with van der Waals surface area (Å²) in [6.45, 7) is 1.57. The molecule has 0 aromatic carbocycles. The summed E-state index contributed by atoms with van der Waals surface area (Å²) in [5, 5.41) is 8.53. The van der Waals surface area contributed by atoms with E-state index in [2.05, 4.69) is 4.98 Å². The van der Waals surface area contributed by atoms with Gasteiger partial charge in [-0.3, -0.25) is 0 Å². The molecular weight excluding hydrogens is 159 g/mol. The SMILES string of the molecule is Cc1c(C#N)ncc(N)c1NF. The van der Waals surface area contributed by atoms with Crippen molar-refractivity contribution < 1.29 is 4.48 Å². The van der Waals surface area contributed by atoms with Crippen molar-refractivity contribution in [1.82, 2.24) is 4.98 Å². The van der Waals surface area contributed by atoms with Crippen molar-refractivity contribution in [3.63, 3.8) is 0 Å². The number of aromatic nitrogens is 1. The van der Waals surface area contributed by atoms with Gasteiger partial charge in [-0.15, -0.1) is 4.48 Å². The maximum atomic E-state index is 12.1. The van der Waals surface area contributed by atoms with E-state index in [1.807, 2.05) is 6.07 Å². The van der Waals surface area contributed by atoms with E-state index in [0.29, 0.717) is 5.56 Å². The van der Waals surface area contributed by atoms with Crippen LogP contribution >= 0.6 is 0 Å². The highest BCUT2D eigenvalue weighted by Gasteiger charge is 2.07. The molecule has 0 aliphatic carbocycles. The van der Waals surface area contributed by atoms with E-state index in [9.17, 15) is 4.48 Å². The number of hydrogen-bond donors (Lipinski definition) is 2. The molecule has 5 heteroatoms. The van der Waals surface area contributed by atoms with Crippen molar-refractivity contribution in [2.24, 2.45) is 0 Å². The second-order valence-electron chi connectivity index (χ2n) is 2.27. The topological polar surface area (TPSA) is 74.7 Å². The molecule has 0 saturated carbocycles. The minimum absolute atomic E-state index is 0.113. The van der Waals surface area contributed by atoms with Crippen LogP contribution in [0.15, 0.2) is 6.20 Å². The molecule has 1 aromatic rings. The molecule has 1 rings (SSSR count). The highest BCUT2D eigenvalue weighted by molar-refractivity contribution is 5.69. The van der Waals surface area contributed by atoms with Gasteiger partial charge in [0.25, 0.3) is 0 Å². The van der Waals surface area contributed by atoms with Crippen molar-refractivity contribution in [1.29, 1.82) is 5.26 Å². The first-order valence-electron chi connectivity index (χ1n) is 3.22. The van der Waals surface area contributed by atoms with Gasteiger partial charge in [0.1, 0.15) is 11.8 Å². The van der Waals surface area contributed by atoms with E-state index in [1.54, 1.807) is 6.92 Å². The summed E-state index contributed by atoms with van der Waals surface area (Å²) in [4.78, 5) is 3.71. The standard InChI is InChI=1S/C7H7FN4/c1-4-6(2-9)11-3-5(10)7(4)12-8/h3H,10H2,1H3,(H,11,12). The van der Waals surface area contributed by atoms with Crippen LogP contribution in [0.5, 0.6) is 0 Å². The van der Waals surface area contributed by atoms with Crippen LogP contribution in [-0.2, 0) is 0 Å². The number of rotatable bonds is 1. The Morgan fingerprint density at radius 3 is 2.92 bits per heavy atom. The quantitative estimate of drug-likeness (QED) is 0.613. The number of nitrogens with one attached hydrogen (secondary N) is 1. The monoisotopic (exact) mass is 166 g/mol. The lowest BCUT2D eigenvalue weighted by molar-refractivity contribution is 0.617. The second kappa shape index (κ2) is 3.05. The van der Waals surface area contributed by atoms with Crippen LogP contribution in [0, 0.1) is 18.3 Å². The van der Waals surface area contributed by atoms with Crippen molar-refractivity contribution in [3.8, 4) is 6.07 Å². The Morgan fingerprint density at radius 2 is 2.42 bits per heavy atom. The molecule has 0 radical (unpaired) electrons. The van der Waals surface area contributed by atoms with Gasteiger partial charge in [0.15, 0.2) is 0 Å². The lowest BCUT2D eigenvalue weighted by Crippen LogP contribution is -1.99. The number of pyridine rings is 1. The van der Waals surface area contributed by atoms with Gasteiger partial charge in [-0.1, -0.05) is 0 Å². The maximum absolute atomic E-state index is 12.1. The average Bonchev–Trinajstić information content (AvgIpc) is 2.06. The fourth-order valence-electron chi connectivity index (χ4n) is 0.869. The predicted molar refractivity (Wildman–Crippen MR) is 42.8 cm³/mol. The number of nitrogen functional groups attached to an aromatic ring is 1. The Labute approximate surface area is 68.8 Å². The minimum Gasteiger partial charge on any atom is -0.396 e. The molecule has 4 nitrogen and oxygen atoms in total. The molecule has 0 aliphatic rings. The summed E-state index contributed by atoms with van der Waals surface area (Å²) < 4.78 is 12.1. The molecule has 0 bridgehead atoms. The number of hydrogen-bond acceptors (Lipinski definition) is 4. The molecule has 62 valence electrons. The Morgan fingerprint density at radius 1 is 1.75 bits per heavy atom. The Balaban J connectivity index is 3.36. The van der Waals surface area contributed by atoms with E-state index in [1.165, 1.54) is 11.7 Å². The van der Waals surface area contributed by atoms with Gasteiger partial charge in [0.2, 0.25) is 0 Å². The van der Waals surface area contributed by atoms with Gasteiger partial charge in [0.05, 0.1) is 17.6 Å². The van der Waals surface area contributed by atoms with Crippen LogP contribution in [-0.4, -0.2) is 4.98 Å². The fourth-order valence-corrected chi connectivity index (χ4v) is 0.869. The van der Waals surface area contributed by atoms with E-state index in [0.717, 1.165) is 0 Å². The van der Waals surface area contributed by atoms with Crippen LogP contribution in [0.2, 0.25) is 0 Å². The molecule has 0 unspecified atom stereocenters. The summed E-state index contributed by atoms with van der Waals surface area (Å²) in [7, 11) is 0. The zero-order valence-corrected chi connectivity index (χ0v) is 6.43. The number of nitrogens with zero attached hydrogens (tertiary/aromatic N) is 2. The zero-order chi connectivity index (χ0) is 9.14. The molecule has 0 spiro atoms. The van der Waals surface area contributed by atoms with Crippen LogP contribution in [0.25, 0.3) is 0 Å². The highest BCUT2D eigenvalue weighted by atomic mass is 19.2. The molecule has 12 heavy (non-hydrogen) atoms. The normalized spacial score (nSPS) is 9.08. The molecule has 0 fully saturated rings. The Hall–Kier alpha value is -1.83. The molecule has 3 N–H and O–H groups in total. The van der Waals surface area contributed by atoms with Gasteiger partial charge in [-0.2, -0.15) is 5.26 Å². The highest BCUT2D eigenvalue weighted by Crippen LogP contribution is 2.23. The third-order valence-electron chi connectivity index (χ3n) is 1.55. The summed E-state index contributed by atoms with van der Waals surface area (Å²) in [6.07, 6.45) is 1.24. The summed E-state index contributed by atoms with van der Waals surface area (Å²) in [6, 6.07) is 1.82. The molecule has 0 atom stereocenters. The van der Waals surface area contributed by atoms with E-state index < -0.39 is 0 Å². The fraction of sp³-hybridized carbons (Fsp3) is 0.143. The van der Waals surface area contributed by atoms with Crippen LogP contribution in [0.1, 0.15) is 11.3 Å². The van der Waals surface area contributed by atoms with Crippen molar-refractivity contribution >= 4 is 11.4 Å². The van der Waals surface area contributed by atoms with Crippen molar-refractivity contribution in [3.05, 3.63) is 17.5 Å². The number of halogens is 1. The minimum atomic E-state index is 0.113.